The zero-order chi connectivity index (χ0) is 16.1. The van der Waals surface area contributed by atoms with Gasteiger partial charge in [0.2, 0.25) is 0 Å². The number of aromatic nitrogens is 6. The number of hydrogen-bond donors (Lipinski definition) is 1. The van der Waals surface area contributed by atoms with Gasteiger partial charge in [0, 0.05) is 6.54 Å². The van der Waals surface area contributed by atoms with Gasteiger partial charge in [-0.05, 0) is 44.0 Å². The fourth-order valence-corrected chi connectivity index (χ4v) is 3.50. The third-order valence-electron chi connectivity index (χ3n) is 4.68. The first-order valence-corrected chi connectivity index (χ1v) is 8.20. The molecular weight excluding hydrogens is 302 g/mol. The number of imidazole rings is 1. The van der Waals surface area contributed by atoms with E-state index < -0.39 is 0 Å². The average molecular weight is 319 g/mol. The van der Waals surface area contributed by atoms with Crippen LogP contribution in [0.2, 0.25) is 0 Å². The Morgan fingerprint density at radius 1 is 1.12 bits per heavy atom. The second kappa shape index (κ2) is 5.02. The van der Waals surface area contributed by atoms with Gasteiger partial charge in [-0.25, -0.2) is 4.98 Å². The van der Waals surface area contributed by atoms with Crippen LogP contribution in [0.1, 0.15) is 30.5 Å². The number of para-hydroxylation sites is 2. The highest BCUT2D eigenvalue weighted by Gasteiger charge is 2.30. The van der Waals surface area contributed by atoms with Gasteiger partial charge >= 0.3 is 0 Å². The molecule has 0 amide bonds. The summed E-state index contributed by atoms with van der Waals surface area (Å²) in [4.78, 5) is 10.6. The monoisotopic (exact) mass is 319 g/mol. The van der Waals surface area contributed by atoms with Crippen LogP contribution < -0.4 is 4.90 Å². The lowest BCUT2D eigenvalue weighted by molar-refractivity contribution is 0.665. The van der Waals surface area contributed by atoms with Crippen LogP contribution in [0.15, 0.2) is 36.4 Å². The van der Waals surface area contributed by atoms with Crippen molar-refractivity contribution in [3.05, 3.63) is 48.0 Å². The predicted octanol–water partition coefficient (Wildman–Crippen LogP) is 2.65. The minimum Gasteiger partial charge on any atom is -0.345 e. The molecule has 120 valence electrons. The van der Waals surface area contributed by atoms with Crippen molar-refractivity contribution in [2.75, 3.05) is 11.4 Å². The van der Waals surface area contributed by atoms with Crippen LogP contribution in [0.25, 0.3) is 16.7 Å². The SMILES string of the molecule is Cc1nnc2ccc(N3CCC[C@@H]3c3nc4ccccc4[nH]3)nn12. The molecule has 0 unspecified atom stereocenters. The standard InChI is InChI=1S/C17H17N7/c1-11-20-21-15-8-9-16(22-24(11)15)23-10-4-7-14(23)17-18-12-5-2-3-6-13(12)19-17/h2-3,5-6,8-9,14H,4,7,10H2,1H3,(H,18,19)/t14-/m1/s1. The minimum absolute atomic E-state index is 0.221. The van der Waals surface area contributed by atoms with Crippen molar-refractivity contribution in [1.82, 2.24) is 29.8 Å². The lowest BCUT2D eigenvalue weighted by Gasteiger charge is -2.24. The number of nitrogens with zero attached hydrogens (tertiary/aromatic N) is 6. The molecule has 0 bridgehead atoms. The van der Waals surface area contributed by atoms with Crippen LogP contribution in [0.5, 0.6) is 0 Å². The van der Waals surface area contributed by atoms with Gasteiger partial charge in [-0.1, -0.05) is 12.1 Å². The van der Waals surface area contributed by atoms with Gasteiger partial charge in [-0.3, -0.25) is 0 Å². The van der Waals surface area contributed by atoms with Crippen molar-refractivity contribution in [2.24, 2.45) is 0 Å². The summed E-state index contributed by atoms with van der Waals surface area (Å²) in [6.07, 6.45) is 2.20. The summed E-state index contributed by atoms with van der Waals surface area (Å²) in [6.45, 7) is 2.89. The highest BCUT2D eigenvalue weighted by atomic mass is 15.4. The number of fused-ring (bicyclic) bond motifs is 2. The molecule has 1 N–H and O–H groups in total. The molecule has 5 rings (SSSR count). The summed E-state index contributed by atoms with van der Waals surface area (Å²) >= 11 is 0. The number of benzene rings is 1. The quantitative estimate of drug-likeness (QED) is 0.615. The highest BCUT2D eigenvalue weighted by molar-refractivity contribution is 5.75. The van der Waals surface area contributed by atoms with Crippen LogP contribution in [-0.2, 0) is 0 Å². The zero-order valence-electron chi connectivity index (χ0n) is 13.3. The molecule has 0 saturated carbocycles. The Bertz CT molecular complexity index is 999. The van der Waals surface area contributed by atoms with E-state index in [0.717, 1.165) is 53.5 Å². The van der Waals surface area contributed by atoms with Crippen molar-refractivity contribution < 1.29 is 0 Å². The van der Waals surface area contributed by atoms with Gasteiger partial charge in [0.15, 0.2) is 11.5 Å². The average Bonchev–Trinajstić information content (AvgIpc) is 3.32. The topological polar surface area (TPSA) is 75.0 Å². The normalized spacial score (nSPS) is 18.0. The molecule has 1 aliphatic heterocycles. The Kier molecular flexibility index (Phi) is 2.82. The molecule has 0 radical (unpaired) electrons. The van der Waals surface area contributed by atoms with Crippen LogP contribution in [0.4, 0.5) is 5.82 Å². The van der Waals surface area contributed by atoms with E-state index in [2.05, 4.69) is 26.1 Å². The van der Waals surface area contributed by atoms with Gasteiger partial charge in [-0.2, -0.15) is 4.52 Å². The van der Waals surface area contributed by atoms with E-state index in [1.54, 1.807) is 4.52 Å². The number of H-pyrrole nitrogens is 1. The first kappa shape index (κ1) is 13.5. The van der Waals surface area contributed by atoms with E-state index in [1.165, 1.54) is 0 Å². The Balaban J connectivity index is 1.57. The molecule has 0 aliphatic carbocycles. The molecule has 1 atom stereocenters. The van der Waals surface area contributed by atoms with Crippen molar-refractivity contribution in [2.45, 2.75) is 25.8 Å². The number of anilines is 1. The first-order chi connectivity index (χ1) is 11.8. The molecule has 1 aromatic carbocycles. The molecule has 0 spiro atoms. The summed E-state index contributed by atoms with van der Waals surface area (Å²) in [7, 11) is 0. The second-order valence-electron chi connectivity index (χ2n) is 6.20. The maximum atomic E-state index is 4.78. The largest absolute Gasteiger partial charge is 0.345 e. The smallest absolute Gasteiger partial charge is 0.178 e. The third kappa shape index (κ3) is 1.97. The van der Waals surface area contributed by atoms with Crippen LogP contribution >= 0.6 is 0 Å². The van der Waals surface area contributed by atoms with E-state index >= 15 is 0 Å². The van der Waals surface area contributed by atoms with E-state index in [1.807, 2.05) is 37.3 Å². The number of aromatic amines is 1. The Morgan fingerprint density at radius 3 is 2.96 bits per heavy atom. The van der Waals surface area contributed by atoms with Crippen molar-refractivity contribution >= 4 is 22.5 Å². The van der Waals surface area contributed by atoms with E-state index in [4.69, 9.17) is 10.1 Å². The van der Waals surface area contributed by atoms with E-state index in [0.29, 0.717) is 0 Å². The van der Waals surface area contributed by atoms with Crippen LogP contribution in [0, 0.1) is 6.92 Å². The van der Waals surface area contributed by atoms with Crippen molar-refractivity contribution in [1.29, 1.82) is 0 Å². The number of nitrogens with one attached hydrogen (secondary N) is 1. The van der Waals surface area contributed by atoms with Gasteiger partial charge in [0.25, 0.3) is 0 Å². The number of hydrogen-bond acceptors (Lipinski definition) is 5. The summed E-state index contributed by atoms with van der Waals surface area (Å²) < 4.78 is 1.79. The molecule has 3 aromatic heterocycles. The summed E-state index contributed by atoms with van der Waals surface area (Å²) in [5, 5.41) is 12.9. The third-order valence-corrected chi connectivity index (χ3v) is 4.68. The highest BCUT2D eigenvalue weighted by Crippen LogP contribution is 2.34. The molecule has 1 fully saturated rings. The van der Waals surface area contributed by atoms with Crippen molar-refractivity contribution in [3.63, 3.8) is 0 Å². The van der Waals surface area contributed by atoms with Gasteiger partial charge < -0.3 is 9.88 Å². The Labute approximate surface area is 138 Å². The predicted molar refractivity (Wildman–Crippen MR) is 90.9 cm³/mol. The summed E-state index contributed by atoms with van der Waals surface area (Å²) in [5.41, 5.74) is 2.87. The van der Waals surface area contributed by atoms with E-state index in [9.17, 15) is 0 Å². The molecular formula is C17H17N7. The van der Waals surface area contributed by atoms with Gasteiger partial charge in [-0.15, -0.1) is 15.3 Å². The van der Waals surface area contributed by atoms with Crippen LogP contribution in [-0.4, -0.2) is 36.3 Å². The lowest BCUT2D eigenvalue weighted by Crippen LogP contribution is -2.25. The maximum Gasteiger partial charge on any atom is 0.178 e. The maximum absolute atomic E-state index is 4.78. The lowest BCUT2D eigenvalue weighted by atomic mass is 10.2. The van der Waals surface area contributed by atoms with E-state index in [-0.39, 0.29) is 6.04 Å². The molecule has 4 heterocycles. The zero-order valence-corrected chi connectivity index (χ0v) is 13.3. The second-order valence-corrected chi connectivity index (χ2v) is 6.20. The van der Waals surface area contributed by atoms with Crippen molar-refractivity contribution in [3.8, 4) is 0 Å². The Morgan fingerprint density at radius 2 is 2.04 bits per heavy atom. The fourth-order valence-electron chi connectivity index (χ4n) is 3.50. The number of aryl methyl sites for hydroxylation is 1. The molecule has 7 nitrogen and oxygen atoms in total. The first-order valence-electron chi connectivity index (χ1n) is 8.20. The molecule has 4 aromatic rings. The van der Waals surface area contributed by atoms with Gasteiger partial charge in [0.1, 0.15) is 11.6 Å². The van der Waals surface area contributed by atoms with Crippen LogP contribution in [0.3, 0.4) is 0 Å². The fraction of sp³-hybridized carbons (Fsp3) is 0.294. The molecule has 1 saturated heterocycles. The molecule has 1 aliphatic rings. The minimum atomic E-state index is 0.221. The summed E-state index contributed by atoms with van der Waals surface area (Å²) in [6, 6.07) is 12.4. The van der Waals surface area contributed by atoms with Gasteiger partial charge in [0.05, 0.1) is 17.1 Å². The Hall–Kier alpha value is -2.96. The number of rotatable bonds is 2. The molecule has 24 heavy (non-hydrogen) atoms. The molecule has 7 heteroatoms. The summed E-state index contributed by atoms with van der Waals surface area (Å²) in [5.74, 6) is 2.75.